The maximum atomic E-state index is 14.7. The summed E-state index contributed by atoms with van der Waals surface area (Å²) in [5.74, 6) is -0.466. The highest BCUT2D eigenvalue weighted by Gasteiger charge is 2.29. The molecule has 26 heavy (non-hydrogen) atoms. The molecule has 3 rings (SSSR count). The van der Waals surface area contributed by atoms with E-state index in [-0.39, 0.29) is 17.8 Å². The highest BCUT2D eigenvalue weighted by atomic mass is 19.1. The fraction of sp³-hybridized carbons (Fsp3) is 0.350. The van der Waals surface area contributed by atoms with Crippen molar-refractivity contribution in [3.63, 3.8) is 0 Å². The number of fused-ring (bicyclic) bond motifs is 1. The van der Waals surface area contributed by atoms with Crippen molar-refractivity contribution in [2.75, 3.05) is 13.6 Å². The summed E-state index contributed by atoms with van der Waals surface area (Å²) in [4.78, 5) is 13.2. The van der Waals surface area contributed by atoms with Crippen LogP contribution in [0.3, 0.4) is 0 Å². The minimum atomic E-state index is -0.889. The summed E-state index contributed by atoms with van der Waals surface area (Å²) in [6.07, 6.45) is -0.134. The van der Waals surface area contributed by atoms with Crippen LogP contribution in [0.15, 0.2) is 53.3 Å². The lowest BCUT2D eigenvalue weighted by Gasteiger charge is -2.25. The Kier molecular flexibility index (Phi) is 5.54. The van der Waals surface area contributed by atoms with Gasteiger partial charge in [0.05, 0.1) is 17.7 Å². The first kappa shape index (κ1) is 18.4. The molecule has 2 atom stereocenters. The minimum Gasteiger partial charge on any atom is -0.389 e. The predicted octanol–water partition coefficient (Wildman–Crippen LogP) is 2.52. The summed E-state index contributed by atoms with van der Waals surface area (Å²) in [5, 5.41) is 13.7. The summed E-state index contributed by atoms with van der Waals surface area (Å²) in [6, 6.07) is 13.3. The van der Waals surface area contributed by atoms with E-state index < -0.39 is 18.0 Å². The van der Waals surface area contributed by atoms with Crippen LogP contribution in [0.1, 0.15) is 24.9 Å². The Morgan fingerprint density at radius 3 is 2.54 bits per heavy atom. The molecule has 2 aromatic carbocycles. The average Bonchev–Trinajstić information content (AvgIpc) is 2.91. The molecule has 0 saturated carbocycles. The maximum Gasteiger partial charge on any atom is 0.329 e. The zero-order valence-electron chi connectivity index (χ0n) is 15.0. The summed E-state index contributed by atoms with van der Waals surface area (Å²) < 4.78 is 17.7. The monoisotopic (exact) mass is 357 g/mol. The van der Waals surface area contributed by atoms with Gasteiger partial charge in [0.25, 0.3) is 0 Å². The predicted molar refractivity (Wildman–Crippen MR) is 101 cm³/mol. The Balaban J connectivity index is 2.32. The van der Waals surface area contributed by atoms with E-state index in [0.717, 1.165) is 12.0 Å². The molecule has 1 aromatic heterocycles. The number of aliphatic hydroxyl groups is 1. The normalized spacial score (nSPS) is 13.8. The van der Waals surface area contributed by atoms with Gasteiger partial charge in [-0.2, -0.15) is 0 Å². The zero-order chi connectivity index (χ0) is 18.7. The Morgan fingerprint density at radius 1 is 1.15 bits per heavy atom. The van der Waals surface area contributed by atoms with Crippen LogP contribution in [0.2, 0.25) is 0 Å². The second-order valence-electron chi connectivity index (χ2n) is 6.39. The van der Waals surface area contributed by atoms with Gasteiger partial charge in [-0.25, -0.2) is 9.18 Å². The Bertz CT molecular complexity index is 933. The van der Waals surface area contributed by atoms with E-state index in [4.69, 9.17) is 0 Å². The van der Waals surface area contributed by atoms with Crippen LogP contribution in [0.4, 0.5) is 4.39 Å². The van der Waals surface area contributed by atoms with E-state index in [1.54, 1.807) is 23.7 Å². The topological polar surface area (TPSA) is 59.2 Å². The first-order chi connectivity index (χ1) is 12.6. The Labute approximate surface area is 151 Å². The van der Waals surface area contributed by atoms with Gasteiger partial charge in [0, 0.05) is 13.1 Å². The Hall–Kier alpha value is -2.44. The van der Waals surface area contributed by atoms with Crippen molar-refractivity contribution in [1.29, 1.82) is 0 Å². The van der Waals surface area contributed by atoms with Crippen LogP contribution in [0.5, 0.6) is 0 Å². The molecule has 0 saturated heterocycles. The number of aromatic nitrogens is 2. The van der Waals surface area contributed by atoms with E-state index in [1.807, 2.05) is 37.3 Å². The number of halogens is 1. The highest BCUT2D eigenvalue weighted by molar-refractivity contribution is 5.77. The van der Waals surface area contributed by atoms with Crippen molar-refractivity contribution in [3.8, 4) is 0 Å². The van der Waals surface area contributed by atoms with Crippen molar-refractivity contribution in [2.45, 2.75) is 32.0 Å². The second kappa shape index (κ2) is 7.85. The molecular formula is C20H24FN3O2. The fourth-order valence-electron chi connectivity index (χ4n) is 3.50. The minimum absolute atomic E-state index is 0.231. The number of likely N-dealkylation sites (N-methyl/N-ethyl adjacent to an activating group) is 1. The third-order valence-corrected chi connectivity index (χ3v) is 4.58. The van der Waals surface area contributed by atoms with Crippen LogP contribution in [0.25, 0.3) is 11.0 Å². The van der Waals surface area contributed by atoms with Crippen molar-refractivity contribution >= 4 is 11.0 Å². The maximum absolute atomic E-state index is 14.7. The van der Waals surface area contributed by atoms with Gasteiger partial charge in [0.1, 0.15) is 11.3 Å². The van der Waals surface area contributed by atoms with Gasteiger partial charge in [-0.3, -0.25) is 9.13 Å². The zero-order valence-corrected chi connectivity index (χ0v) is 15.0. The molecule has 5 nitrogen and oxygen atoms in total. The van der Waals surface area contributed by atoms with Gasteiger partial charge in [0.2, 0.25) is 0 Å². The lowest BCUT2D eigenvalue weighted by molar-refractivity contribution is 0.130. The second-order valence-corrected chi connectivity index (χ2v) is 6.39. The smallest absolute Gasteiger partial charge is 0.329 e. The van der Waals surface area contributed by atoms with Crippen LogP contribution in [0, 0.1) is 5.82 Å². The average molecular weight is 357 g/mol. The summed E-state index contributed by atoms with van der Waals surface area (Å²) in [5.41, 5.74) is 1.23. The summed E-state index contributed by atoms with van der Waals surface area (Å²) in [6.45, 7) is 2.75. The molecular weight excluding hydrogens is 333 g/mol. The number of aliphatic hydroxyl groups excluding tert-OH is 1. The third-order valence-electron chi connectivity index (χ3n) is 4.58. The van der Waals surface area contributed by atoms with Crippen molar-refractivity contribution in [2.24, 2.45) is 0 Å². The molecule has 0 aliphatic heterocycles. The first-order valence-electron chi connectivity index (χ1n) is 8.87. The third kappa shape index (κ3) is 3.18. The van der Waals surface area contributed by atoms with Gasteiger partial charge in [-0.1, -0.05) is 43.3 Å². The SMILES string of the molecule is CCCn1c(=O)n([C@@H](c2ccccc2)[C@H](O)CNC)c2c(F)cccc21. The van der Waals surface area contributed by atoms with Crippen LogP contribution < -0.4 is 11.0 Å². The molecule has 0 unspecified atom stereocenters. The molecule has 2 N–H and O–H groups in total. The van der Waals surface area contributed by atoms with Crippen molar-refractivity contribution in [3.05, 3.63) is 70.4 Å². The lowest BCUT2D eigenvalue weighted by atomic mass is 10.0. The van der Waals surface area contributed by atoms with E-state index in [1.165, 1.54) is 10.6 Å². The molecule has 0 amide bonds. The van der Waals surface area contributed by atoms with Crippen LogP contribution in [-0.2, 0) is 6.54 Å². The molecule has 0 fully saturated rings. The lowest BCUT2D eigenvalue weighted by Crippen LogP contribution is -2.38. The molecule has 6 heteroatoms. The number of para-hydroxylation sites is 1. The number of imidazole rings is 1. The number of benzene rings is 2. The van der Waals surface area contributed by atoms with Gasteiger partial charge in [-0.15, -0.1) is 0 Å². The standard InChI is InChI=1S/C20H24FN3O2/c1-3-12-23-16-11-7-10-15(21)19(16)24(20(23)26)18(17(25)13-22-2)14-8-5-4-6-9-14/h4-11,17-18,22,25H,3,12-13H2,1-2H3/t17-,18+/m1/s1. The van der Waals surface area contributed by atoms with Gasteiger partial charge in [0.15, 0.2) is 0 Å². The number of aryl methyl sites for hydroxylation is 1. The number of hydrogen-bond donors (Lipinski definition) is 2. The van der Waals surface area contributed by atoms with Gasteiger partial charge < -0.3 is 10.4 Å². The van der Waals surface area contributed by atoms with Crippen molar-refractivity contribution < 1.29 is 9.50 Å². The molecule has 0 aliphatic carbocycles. The summed E-state index contributed by atoms with van der Waals surface area (Å²) in [7, 11) is 1.73. The molecule has 0 radical (unpaired) electrons. The molecule has 0 bridgehead atoms. The number of rotatable bonds is 7. The van der Waals surface area contributed by atoms with Crippen molar-refractivity contribution in [1.82, 2.24) is 14.5 Å². The van der Waals surface area contributed by atoms with Gasteiger partial charge >= 0.3 is 5.69 Å². The van der Waals surface area contributed by atoms with E-state index in [9.17, 15) is 14.3 Å². The number of hydrogen-bond acceptors (Lipinski definition) is 3. The van der Waals surface area contributed by atoms with E-state index >= 15 is 0 Å². The molecule has 138 valence electrons. The van der Waals surface area contributed by atoms with Gasteiger partial charge in [-0.05, 0) is 31.2 Å². The fourth-order valence-corrected chi connectivity index (χ4v) is 3.50. The number of nitrogens with one attached hydrogen (secondary N) is 1. The quantitative estimate of drug-likeness (QED) is 0.683. The molecule has 0 spiro atoms. The highest BCUT2D eigenvalue weighted by Crippen LogP contribution is 2.27. The first-order valence-corrected chi connectivity index (χ1v) is 8.87. The van der Waals surface area contributed by atoms with Crippen LogP contribution in [-0.4, -0.2) is 33.9 Å². The largest absolute Gasteiger partial charge is 0.389 e. The van der Waals surface area contributed by atoms with Crippen LogP contribution >= 0.6 is 0 Å². The summed E-state index contributed by atoms with van der Waals surface area (Å²) >= 11 is 0. The molecule has 1 heterocycles. The Morgan fingerprint density at radius 2 is 1.88 bits per heavy atom. The van der Waals surface area contributed by atoms with E-state index in [0.29, 0.717) is 12.1 Å². The number of nitrogens with zero attached hydrogens (tertiary/aromatic N) is 2. The van der Waals surface area contributed by atoms with E-state index in [2.05, 4.69) is 5.32 Å². The molecule has 0 aliphatic rings. The molecule has 3 aromatic rings.